The van der Waals surface area contributed by atoms with Gasteiger partial charge in [-0.05, 0) is 74.0 Å². The summed E-state index contributed by atoms with van der Waals surface area (Å²) in [5.41, 5.74) is 0. The lowest BCUT2D eigenvalue weighted by molar-refractivity contribution is -0.0213. The first-order valence-corrected chi connectivity index (χ1v) is 12.8. The standard InChI is InChI=1S/C24H43Br/c1-3-4-11-21(25)17-16-20-15-14-18(2)24-22(12-8-13-23(20)24)19-9-6-5-7-10-19/h18-24H,3-17H2,1-2H3. The highest BCUT2D eigenvalue weighted by Gasteiger charge is 2.45. The van der Waals surface area contributed by atoms with Crippen molar-refractivity contribution in [3.63, 3.8) is 0 Å². The number of halogens is 1. The zero-order valence-corrected chi connectivity index (χ0v) is 18.6. The summed E-state index contributed by atoms with van der Waals surface area (Å²) in [4.78, 5) is 0.781. The van der Waals surface area contributed by atoms with E-state index in [2.05, 4.69) is 29.8 Å². The van der Waals surface area contributed by atoms with E-state index in [0.717, 1.165) is 40.3 Å². The second-order valence-corrected chi connectivity index (χ2v) is 11.2. The number of alkyl halides is 1. The molecule has 3 fully saturated rings. The summed E-state index contributed by atoms with van der Waals surface area (Å²) >= 11 is 3.98. The molecule has 0 nitrogen and oxygen atoms in total. The van der Waals surface area contributed by atoms with E-state index in [1.54, 1.807) is 32.1 Å². The lowest BCUT2D eigenvalue weighted by atomic mass is 9.54. The summed E-state index contributed by atoms with van der Waals surface area (Å²) in [5.74, 6) is 6.41. The molecule has 0 aromatic carbocycles. The molecule has 25 heavy (non-hydrogen) atoms. The van der Waals surface area contributed by atoms with Crippen LogP contribution in [0.4, 0.5) is 0 Å². The highest BCUT2D eigenvalue weighted by atomic mass is 79.9. The zero-order chi connectivity index (χ0) is 17.6. The molecule has 6 unspecified atom stereocenters. The van der Waals surface area contributed by atoms with Crippen molar-refractivity contribution >= 4 is 15.9 Å². The van der Waals surface area contributed by atoms with Crippen molar-refractivity contribution in [2.75, 3.05) is 0 Å². The Bertz CT molecular complexity index is 372. The quantitative estimate of drug-likeness (QED) is 0.369. The van der Waals surface area contributed by atoms with E-state index in [-0.39, 0.29) is 0 Å². The molecule has 0 bridgehead atoms. The van der Waals surface area contributed by atoms with Crippen LogP contribution in [0.3, 0.4) is 0 Å². The van der Waals surface area contributed by atoms with Crippen LogP contribution in [-0.2, 0) is 0 Å². The van der Waals surface area contributed by atoms with E-state index >= 15 is 0 Å². The molecule has 1 heteroatoms. The molecule has 3 aliphatic rings. The molecular weight excluding hydrogens is 368 g/mol. The molecule has 0 aromatic heterocycles. The molecule has 0 heterocycles. The van der Waals surface area contributed by atoms with Gasteiger partial charge in [0.05, 0.1) is 0 Å². The first kappa shape index (κ1) is 20.2. The normalized spacial score (nSPS) is 38.3. The fourth-order valence-electron chi connectivity index (χ4n) is 7.00. The molecule has 3 aliphatic carbocycles. The summed E-state index contributed by atoms with van der Waals surface area (Å²) in [6.07, 6.45) is 22.5. The topological polar surface area (TPSA) is 0 Å². The van der Waals surface area contributed by atoms with Crippen LogP contribution in [-0.4, -0.2) is 4.83 Å². The minimum atomic E-state index is 0.781. The lowest BCUT2D eigenvalue weighted by Gasteiger charge is -2.52. The van der Waals surface area contributed by atoms with Gasteiger partial charge < -0.3 is 0 Å². The predicted molar refractivity (Wildman–Crippen MR) is 114 cm³/mol. The van der Waals surface area contributed by atoms with Crippen LogP contribution in [0.15, 0.2) is 0 Å². The van der Waals surface area contributed by atoms with E-state index in [0.29, 0.717) is 0 Å². The second-order valence-electron chi connectivity index (χ2n) is 9.87. The second kappa shape index (κ2) is 10.1. The van der Waals surface area contributed by atoms with E-state index in [1.165, 1.54) is 64.2 Å². The largest absolute Gasteiger partial charge is 0.0891 e. The summed E-state index contributed by atoms with van der Waals surface area (Å²) in [6, 6.07) is 0. The van der Waals surface area contributed by atoms with Crippen molar-refractivity contribution in [3.8, 4) is 0 Å². The number of hydrogen-bond acceptors (Lipinski definition) is 0. The first-order chi connectivity index (χ1) is 12.2. The maximum atomic E-state index is 3.98. The molecule has 3 saturated carbocycles. The molecule has 0 amide bonds. The zero-order valence-electron chi connectivity index (χ0n) is 17.0. The highest BCUT2D eigenvalue weighted by molar-refractivity contribution is 9.09. The summed E-state index contributed by atoms with van der Waals surface area (Å²) < 4.78 is 0. The van der Waals surface area contributed by atoms with E-state index in [1.807, 2.05) is 0 Å². The Kier molecular flexibility index (Phi) is 8.20. The van der Waals surface area contributed by atoms with Crippen molar-refractivity contribution in [2.45, 2.75) is 115 Å². The third-order valence-corrected chi connectivity index (χ3v) is 9.21. The summed E-state index contributed by atoms with van der Waals surface area (Å²) in [5, 5.41) is 0. The van der Waals surface area contributed by atoms with Crippen LogP contribution in [0.5, 0.6) is 0 Å². The average molecular weight is 412 g/mol. The molecule has 6 atom stereocenters. The van der Waals surface area contributed by atoms with Gasteiger partial charge in [0.2, 0.25) is 0 Å². The van der Waals surface area contributed by atoms with Crippen LogP contribution in [0, 0.1) is 35.5 Å². The fourth-order valence-corrected chi connectivity index (χ4v) is 7.59. The van der Waals surface area contributed by atoms with Crippen LogP contribution >= 0.6 is 15.9 Å². The Morgan fingerprint density at radius 1 is 0.840 bits per heavy atom. The van der Waals surface area contributed by atoms with E-state index < -0.39 is 0 Å². The molecule has 0 aliphatic heterocycles. The van der Waals surface area contributed by atoms with Gasteiger partial charge in [-0.2, -0.15) is 0 Å². The van der Waals surface area contributed by atoms with Crippen LogP contribution < -0.4 is 0 Å². The highest BCUT2D eigenvalue weighted by Crippen LogP contribution is 2.54. The Balaban J connectivity index is 1.59. The molecule has 0 aromatic rings. The number of rotatable bonds is 7. The predicted octanol–water partition coefficient (Wildman–Crippen LogP) is 8.38. The monoisotopic (exact) mass is 410 g/mol. The Labute approximate surface area is 166 Å². The van der Waals surface area contributed by atoms with Crippen molar-refractivity contribution < 1.29 is 0 Å². The molecule has 3 rings (SSSR count). The van der Waals surface area contributed by atoms with Gasteiger partial charge in [0, 0.05) is 4.83 Å². The Morgan fingerprint density at radius 3 is 2.36 bits per heavy atom. The molecule has 0 saturated heterocycles. The SMILES string of the molecule is CCCCC(Br)CCC1CCC(C)C2C(C3CCCCC3)CCCC12. The van der Waals surface area contributed by atoms with Gasteiger partial charge in [-0.15, -0.1) is 0 Å². The summed E-state index contributed by atoms with van der Waals surface area (Å²) in [7, 11) is 0. The maximum Gasteiger partial charge on any atom is 0.0145 e. The third-order valence-electron chi connectivity index (χ3n) is 8.30. The van der Waals surface area contributed by atoms with Gasteiger partial charge in [0.1, 0.15) is 0 Å². The summed E-state index contributed by atoms with van der Waals surface area (Å²) in [6.45, 7) is 4.93. The average Bonchev–Trinajstić information content (AvgIpc) is 2.66. The van der Waals surface area contributed by atoms with Crippen molar-refractivity contribution in [2.24, 2.45) is 35.5 Å². The molecular formula is C24H43Br. The Hall–Kier alpha value is 0.480. The van der Waals surface area contributed by atoms with Crippen LogP contribution in [0.25, 0.3) is 0 Å². The third kappa shape index (κ3) is 5.26. The number of unbranched alkanes of at least 4 members (excludes halogenated alkanes) is 1. The maximum absolute atomic E-state index is 3.98. The van der Waals surface area contributed by atoms with E-state index in [4.69, 9.17) is 0 Å². The molecule has 0 radical (unpaired) electrons. The first-order valence-electron chi connectivity index (χ1n) is 11.8. The van der Waals surface area contributed by atoms with Gasteiger partial charge in [0.15, 0.2) is 0 Å². The van der Waals surface area contributed by atoms with Gasteiger partial charge >= 0.3 is 0 Å². The van der Waals surface area contributed by atoms with Crippen LogP contribution in [0.1, 0.15) is 110 Å². The smallest absolute Gasteiger partial charge is 0.0145 e. The van der Waals surface area contributed by atoms with Gasteiger partial charge in [-0.1, -0.05) is 87.6 Å². The minimum absolute atomic E-state index is 0.781. The number of fused-ring (bicyclic) bond motifs is 1. The van der Waals surface area contributed by atoms with Gasteiger partial charge in [0.25, 0.3) is 0 Å². The molecule has 146 valence electrons. The lowest BCUT2D eigenvalue weighted by Crippen LogP contribution is -2.43. The van der Waals surface area contributed by atoms with Crippen LogP contribution in [0.2, 0.25) is 0 Å². The minimum Gasteiger partial charge on any atom is -0.0891 e. The van der Waals surface area contributed by atoms with Gasteiger partial charge in [-0.25, -0.2) is 0 Å². The van der Waals surface area contributed by atoms with Crippen molar-refractivity contribution in [1.29, 1.82) is 0 Å². The van der Waals surface area contributed by atoms with Gasteiger partial charge in [-0.3, -0.25) is 0 Å². The van der Waals surface area contributed by atoms with E-state index in [9.17, 15) is 0 Å². The van der Waals surface area contributed by atoms with Crippen molar-refractivity contribution in [1.82, 2.24) is 0 Å². The fraction of sp³-hybridized carbons (Fsp3) is 1.00. The van der Waals surface area contributed by atoms with Crippen molar-refractivity contribution in [3.05, 3.63) is 0 Å². The Morgan fingerprint density at radius 2 is 1.60 bits per heavy atom. The molecule has 0 N–H and O–H groups in total. The molecule has 0 spiro atoms. The number of hydrogen-bond donors (Lipinski definition) is 0.